The number of hydrogen-bond donors (Lipinski definition) is 2. The summed E-state index contributed by atoms with van der Waals surface area (Å²) in [6, 6.07) is 0. The van der Waals surface area contributed by atoms with Gasteiger partial charge in [0.1, 0.15) is 0 Å². The molecule has 1 aliphatic heterocycles. The molecule has 1 rings (SSSR count). The van der Waals surface area contributed by atoms with E-state index in [0.717, 1.165) is 0 Å². The lowest BCUT2D eigenvalue weighted by Crippen LogP contribution is -2.30. The maximum Gasteiger partial charge on any atom is 0.393 e. The zero-order valence-corrected chi connectivity index (χ0v) is 5.28. The predicted molar refractivity (Wildman–Crippen MR) is 30.1 cm³/mol. The van der Waals surface area contributed by atoms with Crippen molar-refractivity contribution in [3.8, 4) is 0 Å². The van der Waals surface area contributed by atoms with Crippen LogP contribution in [0.1, 0.15) is 6.42 Å². The molecule has 1 heterocycles. The van der Waals surface area contributed by atoms with E-state index in [0.29, 0.717) is 0 Å². The monoisotopic (exact) mass is 154 g/mol. The molecule has 60 valence electrons. The Labute approximate surface area is 56.6 Å². The van der Waals surface area contributed by atoms with Crippen molar-refractivity contribution >= 4 is 0 Å². The zero-order chi connectivity index (χ0) is 7.78. The molecule has 10 heavy (non-hydrogen) atoms. The highest BCUT2D eigenvalue weighted by atomic mass is 19.4. The molecule has 0 bridgehead atoms. The van der Waals surface area contributed by atoms with E-state index < -0.39 is 18.3 Å². The largest absolute Gasteiger partial charge is 0.393 e. The number of hydrogen-bond acceptors (Lipinski definition) is 2. The van der Waals surface area contributed by atoms with Crippen molar-refractivity contribution in [2.24, 2.45) is 11.7 Å². The average molecular weight is 154 g/mol. The Kier molecular flexibility index (Phi) is 1.87. The van der Waals surface area contributed by atoms with E-state index in [1.807, 2.05) is 0 Å². The van der Waals surface area contributed by atoms with Crippen molar-refractivity contribution in [2.45, 2.75) is 18.8 Å². The second-order valence-corrected chi connectivity index (χ2v) is 2.49. The third-order valence-electron chi connectivity index (χ3n) is 1.63. The van der Waals surface area contributed by atoms with Gasteiger partial charge in [-0.15, -0.1) is 0 Å². The Morgan fingerprint density at radius 1 is 1.40 bits per heavy atom. The third-order valence-corrected chi connectivity index (χ3v) is 1.63. The quantitative estimate of drug-likeness (QED) is 0.531. The van der Waals surface area contributed by atoms with E-state index in [4.69, 9.17) is 5.73 Å². The summed E-state index contributed by atoms with van der Waals surface area (Å²) in [5.41, 5.74) is 5.21. The normalized spacial score (nSPS) is 34.8. The van der Waals surface area contributed by atoms with E-state index in [-0.39, 0.29) is 13.0 Å². The minimum atomic E-state index is -4.08. The fourth-order valence-electron chi connectivity index (χ4n) is 1.02. The first kappa shape index (κ1) is 7.81. The summed E-state index contributed by atoms with van der Waals surface area (Å²) in [6.07, 6.45) is -4.56. The highest BCUT2D eigenvalue weighted by Crippen LogP contribution is 2.31. The first-order valence-corrected chi connectivity index (χ1v) is 3.06. The van der Waals surface area contributed by atoms with Crippen LogP contribution in [0.15, 0.2) is 0 Å². The summed E-state index contributed by atoms with van der Waals surface area (Å²) in [7, 11) is 0. The number of alkyl halides is 3. The van der Waals surface area contributed by atoms with Crippen LogP contribution in [0.3, 0.4) is 0 Å². The van der Waals surface area contributed by atoms with E-state index in [1.165, 1.54) is 0 Å². The van der Waals surface area contributed by atoms with Crippen LogP contribution in [-0.4, -0.2) is 18.9 Å². The smallest absolute Gasteiger partial charge is 0.316 e. The fraction of sp³-hybridized carbons (Fsp3) is 1.00. The summed E-state index contributed by atoms with van der Waals surface area (Å²) in [6.45, 7) is -0.0370. The van der Waals surface area contributed by atoms with E-state index in [9.17, 15) is 13.2 Å². The molecule has 1 saturated heterocycles. The van der Waals surface area contributed by atoms with Crippen molar-refractivity contribution in [3.05, 3.63) is 0 Å². The lowest BCUT2D eigenvalue weighted by atomic mass is 10.1. The topological polar surface area (TPSA) is 38.0 Å². The predicted octanol–water partition coefficient (Wildman–Crippen LogP) is 0.443. The van der Waals surface area contributed by atoms with Crippen molar-refractivity contribution < 1.29 is 13.2 Å². The summed E-state index contributed by atoms with van der Waals surface area (Å²) >= 11 is 0. The van der Waals surface area contributed by atoms with Crippen LogP contribution in [-0.2, 0) is 0 Å². The molecule has 0 amide bonds. The van der Waals surface area contributed by atoms with Gasteiger partial charge in [0.15, 0.2) is 0 Å². The molecule has 0 spiro atoms. The lowest BCUT2D eigenvalue weighted by molar-refractivity contribution is -0.169. The molecule has 1 aliphatic rings. The number of halogens is 3. The molecular formula is C5H9F3N2. The van der Waals surface area contributed by atoms with Crippen LogP contribution in [0, 0.1) is 5.92 Å². The molecule has 2 nitrogen and oxygen atoms in total. The number of nitrogens with one attached hydrogen (secondary N) is 1. The number of nitrogens with two attached hydrogens (primary N) is 1. The maximum atomic E-state index is 11.8. The fourth-order valence-corrected chi connectivity index (χ4v) is 1.02. The van der Waals surface area contributed by atoms with Crippen LogP contribution < -0.4 is 11.1 Å². The summed E-state index contributed by atoms with van der Waals surface area (Å²) < 4.78 is 35.5. The van der Waals surface area contributed by atoms with Gasteiger partial charge in [0, 0.05) is 6.54 Å². The van der Waals surface area contributed by atoms with Gasteiger partial charge in [-0.05, 0) is 6.42 Å². The molecule has 0 radical (unpaired) electrons. The maximum absolute atomic E-state index is 11.8. The molecule has 2 unspecified atom stereocenters. The van der Waals surface area contributed by atoms with E-state index in [2.05, 4.69) is 5.32 Å². The minimum absolute atomic E-state index is 0.00347. The van der Waals surface area contributed by atoms with Crippen LogP contribution in [0.4, 0.5) is 13.2 Å². The van der Waals surface area contributed by atoms with Crippen molar-refractivity contribution in [1.82, 2.24) is 5.32 Å². The first-order chi connectivity index (χ1) is 4.50. The molecule has 0 aromatic rings. The summed E-state index contributed by atoms with van der Waals surface area (Å²) in [5.74, 6) is -1.25. The van der Waals surface area contributed by atoms with E-state index >= 15 is 0 Å². The van der Waals surface area contributed by atoms with Gasteiger partial charge >= 0.3 is 6.18 Å². The Morgan fingerprint density at radius 3 is 2.20 bits per heavy atom. The SMILES string of the molecule is NC1CC(C(F)(F)F)CN1. The standard InChI is InChI=1S/C5H9F3N2/c6-5(7,8)3-1-4(9)10-2-3/h3-4,10H,1-2,9H2. The molecule has 2 atom stereocenters. The molecular weight excluding hydrogens is 145 g/mol. The van der Waals surface area contributed by atoms with Gasteiger partial charge in [-0.25, -0.2) is 0 Å². The molecule has 0 aromatic heterocycles. The van der Waals surface area contributed by atoms with Crippen LogP contribution in [0.5, 0.6) is 0 Å². The lowest BCUT2D eigenvalue weighted by Gasteiger charge is -2.11. The summed E-state index contributed by atoms with van der Waals surface area (Å²) in [4.78, 5) is 0. The van der Waals surface area contributed by atoms with Gasteiger partial charge in [-0.1, -0.05) is 0 Å². The van der Waals surface area contributed by atoms with Gasteiger partial charge in [0.25, 0.3) is 0 Å². The van der Waals surface area contributed by atoms with E-state index in [1.54, 1.807) is 0 Å². The van der Waals surface area contributed by atoms with Crippen molar-refractivity contribution in [1.29, 1.82) is 0 Å². The summed E-state index contributed by atoms with van der Waals surface area (Å²) in [5, 5.41) is 2.53. The molecule has 3 N–H and O–H groups in total. The Morgan fingerprint density at radius 2 is 2.00 bits per heavy atom. The highest BCUT2D eigenvalue weighted by molar-refractivity contribution is 4.81. The molecule has 0 aliphatic carbocycles. The second-order valence-electron chi connectivity index (χ2n) is 2.49. The molecule has 5 heteroatoms. The Hall–Kier alpha value is -0.290. The number of rotatable bonds is 0. The van der Waals surface area contributed by atoms with Gasteiger partial charge in [-0.3, -0.25) is 0 Å². The molecule has 1 fully saturated rings. The van der Waals surface area contributed by atoms with Gasteiger partial charge in [0.05, 0.1) is 12.1 Å². The zero-order valence-electron chi connectivity index (χ0n) is 5.28. The molecule has 0 aromatic carbocycles. The Bertz CT molecular complexity index is 123. The van der Waals surface area contributed by atoms with Crippen LogP contribution in [0.2, 0.25) is 0 Å². The minimum Gasteiger partial charge on any atom is -0.316 e. The van der Waals surface area contributed by atoms with Gasteiger partial charge < -0.3 is 11.1 Å². The van der Waals surface area contributed by atoms with Crippen molar-refractivity contribution in [3.63, 3.8) is 0 Å². The third kappa shape index (κ3) is 1.60. The van der Waals surface area contributed by atoms with Crippen LogP contribution >= 0.6 is 0 Å². The van der Waals surface area contributed by atoms with Crippen molar-refractivity contribution in [2.75, 3.05) is 6.54 Å². The molecule has 0 saturated carbocycles. The second kappa shape index (κ2) is 2.39. The first-order valence-electron chi connectivity index (χ1n) is 3.06. The Balaban J connectivity index is 2.45. The van der Waals surface area contributed by atoms with Crippen LogP contribution in [0.25, 0.3) is 0 Å². The highest BCUT2D eigenvalue weighted by Gasteiger charge is 2.43. The van der Waals surface area contributed by atoms with Gasteiger partial charge in [-0.2, -0.15) is 13.2 Å². The van der Waals surface area contributed by atoms with Gasteiger partial charge in [0.2, 0.25) is 0 Å². The average Bonchev–Trinajstić information content (AvgIpc) is 2.11.